The fraction of sp³-hybridized carbons (Fsp3) is 0.167. The molecule has 0 spiro atoms. The van der Waals surface area contributed by atoms with Crippen LogP contribution in [0.4, 0.5) is 13.2 Å². The molecule has 0 aliphatic carbocycles. The van der Waals surface area contributed by atoms with Crippen LogP contribution in [0.5, 0.6) is 0 Å². The fourth-order valence-corrected chi connectivity index (χ4v) is 2.43. The van der Waals surface area contributed by atoms with Gasteiger partial charge in [0, 0.05) is 23.0 Å². The molecule has 6 heteroatoms. The van der Waals surface area contributed by atoms with Gasteiger partial charge in [0.25, 0.3) is 5.91 Å². The molecule has 3 nitrogen and oxygen atoms in total. The molecule has 0 bridgehead atoms. The van der Waals surface area contributed by atoms with Gasteiger partial charge in [0.1, 0.15) is 5.69 Å². The van der Waals surface area contributed by atoms with Crippen molar-refractivity contribution in [2.24, 2.45) is 0 Å². The average Bonchev–Trinajstić information content (AvgIpc) is 2.97. The first-order valence-corrected chi connectivity index (χ1v) is 7.36. The first-order valence-electron chi connectivity index (χ1n) is 7.36. The van der Waals surface area contributed by atoms with E-state index in [2.05, 4.69) is 10.3 Å². The van der Waals surface area contributed by atoms with Gasteiger partial charge >= 0.3 is 6.18 Å². The molecule has 0 radical (unpaired) electrons. The molecule has 1 aromatic heterocycles. The summed E-state index contributed by atoms with van der Waals surface area (Å²) in [6.07, 6.45) is -4.40. The van der Waals surface area contributed by atoms with Crippen LogP contribution in [0.15, 0.2) is 48.5 Å². The van der Waals surface area contributed by atoms with Crippen molar-refractivity contribution in [3.05, 3.63) is 70.9 Å². The highest BCUT2D eigenvalue weighted by Crippen LogP contribution is 2.31. The molecule has 124 valence electrons. The van der Waals surface area contributed by atoms with E-state index in [0.29, 0.717) is 16.5 Å². The van der Waals surface area contributed by atoms with E-state index < -0.39 is 11.9 Å². The summed E-state index contributed by atoms with van der Waals surface area (Å²) in [6.45, 7) is 2.18. The van der Waals surface area contributed by atoms with Gasteiger partial charge in [0.15, 0.2) is 0 Å². The minimum atomic E-state index is -4.40. The van der Waals surface area contributed by atoms with Gasteiger partial charge in [0.2, 0.25) is 0 Å². The number of benzene rings is 2. The van der Waals surface area contributed by atoms with E-state index >= 15 is 0 Å². The van der Waals surface area contributed by atoms with Crippen molar-refractivity contribution >= 4 is 16.8 Å². The third kappa shape index (κ3) is 3.42. The number of halogens is 3. The molecule has 3 aromatic rings. The SMILES string of the molecule is Cc1ccc(C(=O)NCc2ccc3[nH]c(C(F)(F)F)cc3c2)cc1. The fourth-order valence-electron chi connectivity index (χ4n) is 2.43. The number of alkyl halides is 3. The molecular weight excluding hydrogens is 317 g/mol. The summed E-state index contributed by atoms with van der Waals surface area (Å²) in [5, 5.41) is 3.23. The number of amides is 1. The van der Waals surface area contributed by atoms with Crippen molar-refractivity contribution in [1.82, 2.24) is 10.3 Å². The Balaban J connectivity index is 1.73. The smallest absolute Gasteiger partial charge is 0.351 e. The lowest BCUT2D eigenvalue weighted by Crippen LogP contribution is -2.22. The Hall–Kier alpha value is -2.76. The van der Waals surface area contributed by atoms with Crippen molar-refractivity contribution in [1.29, 1.82) is 0 Å². The van der Waals surface area contributed by atoms with E-state index in [0.717, 1.165) is 17.2 Å². The van der Waals surface area contributed by atoms with E-state index in [1.807, 2.05) is 19.1 Å². The number of hydrogen-bond donors (Lipinski definition) is 2. The van der Waals surface area contributed by atoms with Crippen LogP contribution in [-0.2, 0) is 12.7 Å². The van der Waals surface area contributed by atoms with E-state index in [-0.39, 0.29) is 12.5 Å². The second kappa shape index (κ2) is 6.03. The Bertz CT molecular complexity index is 879. The minimum absolute atomic E-state index is 0.222. The summed E-state index contributed by atoms with van der Waals surface area (Å²) in [5.74, 6) is -0.222. The highest BCUT2D eigenvalue weighted by molar-refractivity contribution is 5.94. The molecule has 2 aromatic carbocycles. The Morgan fingerprint density at radius 1 is 1.08 bits per heavy atom. The van der Waals surface area contributed by atoms with Crippen LogP contribution in [0.2, 0.25) is 0 Å². The van der Waals surface area contributed by atoms with Crippen LogP contribution in [0.25, 0.3) is 10.9 Å². The second-order valence-corrected chi connectivity index (χ2v) is 5.65. The standard InChI is InChI=1S/C18H15F3N2O/c1-11-2-5-13(6-3-11)17(24)22-10-12-4-7-15-14(8-12)9-16(23-15)18(19,20)21/h2-9,23H,10H2,1H3,(H,22,24). The summed E-state index contributed by atoms with van der Waals surface area (Å²) in [5.41, 5.74) is 1.97. The highest BCUT2D eigenvalue weighted by Gasteiger charge is 2.32. The number of rotatable bonds is 3. The van der Waals surface area contributed by atoms with Gasteiger partial charge in [-0.2, -0.15) is 13.2 Å². The minimum Gasteiger partial charge on any atom is -0.351 e. The van der Waals surface area contributed by atoms with Gasteiger partial charge in [0.05, 0.1) is 0 Å². The average molecular weight is 332 g/mol. The molecule has 2 N–H and O–H groups in total. The molecule has 3 rings (SSSR count). The monoisotopic (exact) mass is 332 g/mol. The number of fused-ring (bicyclic) bond motifs is 1. The van der Waals surface area contributed by atoms with Gasteiger partial charge in [-0.1, -0.05) is 23.8 Å². The van der Waals surface area contributed by atoms with Crippen molar-refractivity contribution in [2.75, 3.05) is 0 Å². The van der Waals surface area contributed by atoms with Crippen LogP contribution in [0.1, 0.15) is 27.2 Å². The molecular formula is C18H15F3N2O. The zero-order chi connectivity index (χ0) is 17.3. The van der Waals surface area contributed by atoms with Crippen LogP contribution >= 0.6 is 0 Å². The van der Waals surface area contributed by atoms with Gasteiger partial charge in [-0.15, -0.1) is 0 Å². The predicted octanol–water partition coefficient (Wildman–Crippen LogP) is 4.43. The molecule has 0 saturated heterocycles. The molecule has 24 heavy (non-hydrogen) atoms. The van der Waals surface area contributed by atoms with E-state index in [9.17, 15) is 18.0 Å². The number of hydrogen-bond acceptors (Lipinski definition) is 1. The predicted molar refractivity (Wildman–Crippen MR) is 85.6 cm³/mol. The largest absolute Gasteiger partial charge is 0.431 e. The van der Waals surface area contributed by atoms with Gasteiger partial charge in [-0.25, -0.2) is 0 Å². The number of aryl methyl sites for hydroxylation is 1. The summed E-state index contributed by atoms with van der Waals surface area (Å²) in [6, 6.07) is 13.1. The first-order chi connectivity index (χ1) is 11.3. The normalized spacial score (nSPS) is 11.7. The zero-order valence-corrected chi connectivity index (χ0v) is 12.9. The third-order valence-electron chi connectivity index (χ3n) is 3.76. The van der Waals surface area contributed by atoms with Crippen LogP contribution < -0.4 is 5.32 Å². The number of carbonyl (C=O) groups excluding carboxylic acids is 1. The molecule has 0 fully saturated rings. The maximum absolute atomic E-state index is 12.7. The van der Waals surface area contributed by atoms with Crippen molar-refractivity contribution < 1.29 is 18.0 Å². The van der Waals surface area contributed by atoms with Crippen LogP contribution in [-0.4, -0.2) is 10.9 Å². The number of aromatic amines is 1. The summed E-state index contributed by atoms with van der Waals surface area (Å²) in [7, 11) is 0. The maximum Gasteiger partial charge on any atom is 0.431 e. The zero-order valence-electron chi connectivity index (χ0n) is 12.9. The number of H-pyrrole nitrogens is 1. The number of carbonyl (C=O) groups is 1. The molecule has 0 aliphatic rings. The lowest BCUT2D eigenvalue weighted by molar-refractivity contribution is -0.140. The molecule has 0 saturated carbocycles. The topological polar surface area (TPSA) is 44.9 Å². The summed E-state index contributed by atoms with van der Waals surface area (Å²) in [4.78, 5) is 14.4. The third-order valence-corrected chi connectivity index (χ3v) is 3.76. The van der Waals surface area contributed by atoms with E-state index in [1.54, 1.807) is 30.3 Å². The summed E-state index contributed by atoms with van der Waals surface area (Å²) < 4.78 is 38.1. The van der Waals surface area contributed by atoms with Crippen LogP contribution in [0.3, 0.4) is 0 Å². The Morgan fingerprint density at radius 3 is 2.46 bits per heavy atom. The first kappa shape index (κ1) is 16.1. The molecule has 0 atom stereocenters. The van der Waals surface area contributed by atoms with Crippen molar-refractivity contribution in [3.8, 4) is 0 Å². The molecule has 1 heterocycles. The molecule has 1 amide bonds. The van der Waals surface area contributed by atoms with Crippen molar-refractivity contribution in [3.63, 3.8) is 0 Å². The maximum atomic E-state index is 12.7. The molecule has 0 unspecified atom stereocenters. The van der Waals surface area contributed by atoms with E-state index in [4.69, 9.17) is 0 Å². The second-order valence-electron chi connectivity index (χ2n) is 5.65. The van der Waals surface area contributed by atoms with Crippen LogP contribution in [0, 0.1) is 6.92 Å². The highest BCUT2D eigenvalue weighted by atomic mass is 19.4. The quantitative estimate of drug-likeness (QED) is 0.732. The lowest BCUT2D eigenvalue weighted by Gasteiger charge is -2.06. The van der Waals surface area contributed by atoms with Gasteiger partial charge in [-0.3, -0.25) is 4.79 Å². The Morgan fingerprint density at radius 2 is 1.79 bits per heavy atom. The number of aromatic nitrogens is 1. The van der Waals surface area contributed by atoms with Gasteiger partial charge < -0.3 is 10.3 Å². The Kier molecular flexibility index (Phi) is 4.05. The summed E-state index contributed by atoms with van der Waals surface area (Å²) >= 11 is 0. The van der Waals surface area contributed by atoms with Crippen molar-refractivity contribution in [2.45, 2.75) is 19.6 Å². The Labute approximate surface area is 136 Å². The van der Waals surface area contributed by atoms with Gasteiger partial charge in [-0.05, 0) is 42.8 Å². The lowest BCUT2D eigenvalue weighted by atomic mass is 10.1. The molecule has 0 aliphatic heterocycles. The van der Waals surface area contributed by atoms with E-state index in [1.165, 1.54) is 0 Å². The number of nitrogens with one attached hydrogen (secondary N) is 2.